The molecule has 2 aliphatic rings. The molecule has 0 radical (unpaired) electrons. The summed E-state index contributed by atoms with van der Waals surface area (Å²) in [6.07, 6.45) is 5.36. The summed E-state index contributed by atoms with van der Waals surface area (Å²) in [5.41, 5.74) is 0.156. The molecular weight excluding hydrogens is 255 g/mol. The monoisotopic (exact) mass is 278 g/mol. The Labute approximate surface area is 120 Å². The van der Waals surface area contributed by atoms with Gasteiger partial charge >= 0.3 is 7.12 Å². The Hall–Kier alpha value is -0.845. The third-order valence-electron chi connectivity index (χ3n) is 4.57. The van der Waals surface area contributed by atoms with E-state index < -0.39 is 7.12 Å². The molecule has 6 heteroatoms. The van der Waals surface area contributed by atoms with E-state index >= 15 is 0 Å². The summed E-state index contributed by atoms with van der Waals surface area (Å²) in [7, 11) is -0.398. The van der Waals surface area contributed by atoms with Crippen LogP contribution in [0.15, 0.2) is 12.3 Å². The lowest BCUT2D eigenvalue weighted by Gasteiger charge is -2.32. The van der Waals surface area contributed by atoms with Gasteiger partial charge in [0.25, 0.3) is 0 Å². The van der Waals surface area contributed by atoms with E-state index in [0.29, 0.717) is 0 Å². The highest BCUT2D eigenvalue weighted by atomic mass is 16.7. The molecular formula is C14H23BN2O3. The van der Waals surface area contributed by atoms with Gasteiger partial charge in [-0.15, -0.1) is 0 Å². The van der Waals surface area contributed by atoms with E-state index in [9.17, 15) is 0 Å². The van der Waals surface area contributed by atoms with Gasteiger partial charge in [-0.25, -0.2) is 4.68 Å². The molecule has 20 heavy (non-hydrogen) atoms. The van der Waals surface area contributed by atoms with Gasteiger partial charge < -0.3 is 14.0 Å². The molecule has 1 unspecified atom stereocenters. The van der Waals surface area contributed by atoms with Crippen LogP contribution in [-0.4, -0.2) is 34.7 Å². The summed E-state index contributed by atoms with van der Waals surface area (Å²) in [5, 5.41) is 4.59. The predicted octanol–water partition coefficient (Wildman–Crippen LogP) is 1.88. The highest BCUT2D eigenvalue weighted by Crippen LogP contribution is 2.36. The smallest absolute Gasteiger partial charge is 0.398 e. The molecule has 0 N–H and O–H groups in total. The van der Waals surface area contributed by atoms with Crippen molar-refractivity contribution in [3.8, 4) is 0 Å². The van der Waals surface area contributed by atoms with Gasteiger partial charge in [-0.05, 0) is 53.0 Å². The molecule has 0 bridgehead atoms. The molecule has 2 fully saturated rings. The lowest BCUT2D eigenvalue weighted by atomic mass is 9.85. The molecule has 0 amide bonds. The first-order valence-electron chi connectivity index (χ1n) is 7.41. The number of ether oxygens (including phenoxy) is 1. The minimum absolute atomic E-state index is 0.0555. The maximum Gasteiger partial charge on any atom is 0.516 e. The van der Waals surface area contributed by atoms with Crippen LogP contribution in [0.3, 0.4) is 0 Å². The van der Waals surface area contributed by atoms with Crippen molar-refractivity contribution in [2.24, 2.45) is 0 Å². The molecule has 1 atom stereocenters. The van der Waals surface area contributed by atoms with Crippen molar-refractivity contribution in [1.82, 2.24) is 9.78 Å². The highest BCUT2D eigenvalue weighted by Gasteiger charge is 2.52. The number of rotatable bonds is 2. The van der Waals surface area contributed by atoms with E-state index in [2.05, 4.69) is 5.10 Å². The Kier molecular flexibility index (Phi) is 3.43. The van der Waals surface area contributed by atoms with Gasteiger partial charge in [-0.1, -0.05) is 0 Å². The Balaban J connectivity index is 1.74. The fraction of sp³-hybridized carbons (Fsp3) is 0.786. The van der Waals surface area contributed by atoms with Crippen LogP contribution in [0.4, 0.5) is 0 Å². The zero-order valence-corrected chi connectivity index (χ0v) is 12.8. The van der Waals surface area contributed by atoms with Crippen LogP contribution in [0.1, 0.15) is 53.2 Å². The van der Waals surface area contributed by atoms with Crippen molar-refractivity contribution in [2.75, 3.05) is 6.61 Å². The van der Waals surface area contributed by atoms with Crippen molar-refractivity contribution in [3.63, 3.8) is 0 Å². The fourth-order valence-electron chi connectivity index (χ4n) is 2.53. The van der Waals surface area contributed by atoms with Gasteiger partial charge in [-0.2, -0.15) is 5.10 Å². The van der Waals surface area contributed by atoms with Gasteiger partial charge in [0.1, 0.15) is 6.23 Å². The maximum absolute atomic E-state index is 6.01. The Bertz CT molecular complexity index is 465. The van der Waals surface area contributed by atoms with Gasteiger partial charge in [0, 0.05) is 12.8 Å². The van der Waals surface area contributed by atoms with Crippen LogP contribution < -0.4 is 5.59 Å². The third kappa shape index (κ3) is 2.40. The van der Waals surface area contributed by atoms with Gasteiger partial charge in [-0.3, -0.25) is 0 Å². The minimum Gasteiger partial charge on any atom is -0.398 e. The summed E-state index contributed by atoms with van der Waals surface area (Å²) in [6, 6.07) is 1.96. The lowest BCUT2D eigenvalue weighted by molar-refractivity contribution is -0.0393. The summed E-state index contributed by atoms with van der Waals surface area (Å²) < 4.78 is 19.7. The topological polar surface area (TPSA) is 45.5 Å². The van der Waals surface area contributed by atoms with E-state index in [-0.39, 0.29) is 17.4 Å². The van der Waals surface area contributed by atoms with E-state index in [1.54, 1.807) is 0 Å². The summed E-state index contributed by atoms with van der Waals surface area (Å²) in [6.45, 7) is 9.02. The molecule has 3 rings (SSSR count). The summed E-state index contributed by atoms with van der Waals surface area (Å²) in [5.74, 6) is 0. The normalized spacial score (nSPS) is 28.8. The van der Waals surface area contributed by atoms with Crippen molar-refractivity contribution < 1.29 is 14.0 Å². The minimum atomic E-state index is -0.398. The second-order valence-electron chi connectivity index (χ2n) is 6.63. The van der Waals surface area contributed by atoms with Gasteiger partial charge in [0.2, 0.25) is 0 Å². The Morgan fingerprint density at radius 1 is 1.20 bits per heavy atom. The van der Waals surface area contributed by atoms with Crippen LogP contribution in [0.2, 0.25) is 0 Å². The molecule has 2 aliphatic heterocycles. The average molecular weight is 278 g/mol. The van der Waals surface area contributed by atoms with Gasteiger partial charge in [0.15, 0.2) is 0 Å². The molecule has 2 saturated heterocycles. The largest absolute Gasteiger partial charge is 0.516 e. The van der Waals surface area contributed by atoms with Crippen LogP contribution in [0.25, 0.3) is 0 Å². The molecule has 3 heterocycles. The maximum atomic E-state index is 6.01. The first-order valence-corrected chi connectivity index (χ1v) is 7.41. The molecule has 5 nitrogen and oxygen atoms in total. The van der Waals surface area contributed by atoms with Gasteiger partial charge in [0.05, 0.1) is 16.8 Å². The number of hydrogen-bond acceptors (Lipinski definition) is 4. The number of hydrogen-bond donors (Lipinski definition) is 0. The predicted molar refractivity (Wildman–Crippen MR) is 76.8 cm³/mol. The van der Waals surface area contributed by atoms with E-state index in [0.717, 1.165) is 25.0 Å². The van der Waals surface area contributed by atoms with Crippen LogP contribution in [0, 0.1) is 0 Å². The first kappa shape index (κ1) is 14.1. The zero-order valence-electron chi connectivity index (χ0n) is 12.8. The van der Waals surface area contributed by atoms with Crippen molar-refractivity contribution in [2.45, 2.75) is 64.4 Å². The molecule has 0 aliphatic carbocycles. The Morgan fingerprint density at radius 3 is 2.50 bits per heavy atom. The highest BCUT2D eigenvalue weighted by molar-refractivity contribution is 6.61. The molecule has 0 spiro atoms. The standard InChI is InChI=1S/C14H23BN2O3/c1-13(2)14(3,4)20-15(19-13)11-8-9-17(16-11)12-7-5-6-10-18-12/h8-9,12H,5-7,10H2,1-4H3. The van der Waals surface area contributed by atoms with Crippen LogP contribution >= 0.6 is 0 Å². The van der Waals surface area contributed by atoms with Crippen molar-refractivity contribution in [3.05, 3.63) is 12.3 Å². The third-order valence-corrected chi connectivity index (χ3v) is 4.57. The quantitative estimate of drug-likeness (QED) is 0.775. The number of nitrogens with zero attached hydrogens (tertiary/aromatic N) is 2. The average Bonchev–Trinajstić information content (AvgIpc) is 2.94. The molecule has 1 aromatic heterocycles. The number of aromatic nitrogens is 2. The van der Waals surface area contributed by atoms with E-state index in [4.69, 9.17) is 14.0 Å². The first-order chi connectivity index (χ1) is 9.39. The SMILES string of the molecule is CC1(C)OB(c2ccn(C3CCCCO3)n2)OC1(C)C. The summed E-state index contributed by atoms with van der Waals surface area (Å²) in [4.78, 5) is 0. The molecule has 1 aromatic rings. The van der Waals surface area contributed by atoms with Crippen molar-refractivity contribution in [1.29, 1.82) is 0 Å². The van der Waals surface area contributed by atoms with E-state index in [1.807, 2.05) is 44.6 Å². The fourth-order valence-corrected chi connectivity index (χ4v) is 2.53. The Morgan fingerprint density at radius 2 is 1.90 bits per heavy atom. The zero-order chi connectivity index (χ0) is 14.4. The van der Waals surface area contributed by atoms with Crippen LogP contribution in [-0.2, 0) is 14.0 Å². The second kappa shape index (κ2) is 4.86. The lowest BCUT2D eigenvalue weighted by Crippen LogP contribution is -2.41. The molecule has 0 aromatic carbocycles. The summed E-state index contributed by atoms with van der Waals surface area (Å²) >= 11 is 0. The van der Waals surface area contributed by atoms with E-state index in [1.165, 1.54) is 6.42 Å². The molecule has 110 valence electrons. The van der Waals surface area contributed by atoms with Crippen LogP contribution in [0.5, 0.6) is 0 Å². The molecule has 0 saturated carbocycles. The second-order valence-corrected chi connectivity index (χ2v) is 6.63. The van der Waals surface area contributed by atoms with Crippen molar-refractivity contribution >= 4 is 12.7 Å².